The largest absolute Gasteiger partial charge is 0.497 e. The number of hydrogen-bond donors (Lipinski definition) is 0. The number of amides is 1. The topological polar surface area (TPSA) is 81.2 Å². The third kappa shape index (κ3) is 7.82. The number of hydrogen-bond acceptors (Lipinski definition) is 7. The fourth-order valence-electron chi connectivity index (χ4n) is 3.89. The van der Waals surface area contributed by atoms with E-state index in [2.05, 4.69) is 22.0 Å². The van der Waals surface area contributed by atoms with Crippen LogP contribution in [0.25, 0.3) is 6.08 Å². The average molecular weight is 482 g/mol. The molecule has 0 spiro atoms. The predicted molar refractivity (Wildman–Crippen MR) is 135 cm³/mol. The maximum atomic E-state index is 13.2. The van der Waals surface area contributed by atoms with Gasteiger partial charge in [-0.3, -0.25) is 9.80 Å². The molecule has 1 aliphatic heterocycles. The Morgan fingerprint density at radius 2 is 1.91 bits per heavy atom. The first-order valence-corrected chi connectivity index (χ1v) is 11.9. The van der Waals surface area contributed by atoms with Crippen LogP contribution in [-0.2, 0) is 20.8 Å². The summed E-state index contributed by atoms with van der Waals surface area (Å²) in [7, 11) is 1.66. The maximum Gasteiger partial charge on any atom is 0.416 e. The molecule has 1 atom stereocenters. The highest BCUT2D eigenvalue weighted by Gasteiger charge is 2.35. The Morgan fingerprint density at radius 3 is 2.51 bits per heavy atom. The first kappa shape index (κ1) is 26.2. The van der Waals surface area contributed by atoms with Crippen LogP contribution in [0.4, 0.5) is 10.6 Å². The van der Waals surface area contributed by atoms with Crippen molar-refractivity contribution >= 4 is 24.0 Å². The molecule has 8 nitrogen and oxygen atoms in total. The Labute approximate surface area is 207 Å². The zero-order valence-electron chi connectivity index (χ0n) is 21.2. The molecule has 0 unspecified atom stereocenters. The predicted octanol–water partition coefficient (Wildman–Crippen LogP) is 4.68. The van der Waals surface area contributed by atoms with Crippen LogP contribution in [0.2, 0.25) is 0 Å². The Kier molecular flexibility index (Phi) is 8.87. The van der Waals surface area contributed by atoms with Crippen LogP contribution < -0.4 is 9.64 Å². The molecule has 3 rings (SSSR count). The van der Waals surface area contributed by atoms with Gasteiger partial charge in [-0.15, -0.1) is 0 Å². The second-order valence-electron chi connectivity index (χ2n) is 9.41. The van der Waals surface area contributed by atoms with Crippen molar-refractivity contribution in [2.45, 2.75) is 52.3 Å². The van der Waals surface area contributed by atoms with Gasteiger partial charge in [0.05, 0.1) is 19.8 Å². The number of carbonyl (C=O) groups excluding carboxylic acids is 2. The minimum Gasteiger partial charge on any atom is -0.497 e. The molecule has 8 heteroatoms. The van der Waals surface area contributed by atoms with E-state index in [0.717, 1.165) is 30.8 Å². The van der Waals surface area contributed by atoms with E-state index in [1.54, 1.807) is 37.3 Å². The number of esters is 1. The van der Waals surface area contributed by atoms with Crippen LogP contribution in [0.5, 0.6) is 5.75 Å². The van der Waals surface area contributed by atoms with Gasteiger partial charge in [-0.1, -0.05) is 12.1 Å². The van der Waals surface area contributed by atoms with E-state index in [1.807, 2.05) is 39.0 Å². The molecule has 0 N–H and O–H groups in total. The van der Waals surface area contributed by atoms with Gasteiger partial charge in [0, 0.05) is 31.9 Å². The van der Waals surface area contributed by atoms with Gasteiger partial charge in [0.1, 0.15) is 17.2 Å². The number of aromatic nitrogens is 1. The van der Waals surface area contributed by atoms with Gasteiger partial charge in [-0.25, -0.2) is 14.6 Å². The Bertz CT molecular complexity index is 1010. The van der Waals surface area contributed by atoms with Crippen LogP contribution in [0.15, 0.2) is 48.7 Å². The second kappa shape index (κ2) is 11.8. The highest BCUT2D eigenvalue weighted by molar-refractivity contribution is 5.88. The third-order valence-corrected chi connectivity index (χ3v) is 5.48. The molecule has 188 valence electrons. The Hall–Kier alpha value is -3.39. The molecule has 1 aromatic carbocycles. The van der Waals surface area contributed by atoms with Crippen molar-refractivity contribution in [1.82, 2.24) is 9.88 Å². The third-order valence-electron chi connectivity index (χ3n) is 5.48. The lowest BCUT2D eigenvalue weighted by molar-refractivity contribution is -0.137. The van der Waals surface area contributed by atoms with Crippen LogP contribution in [0.1, 0.15) is 45.2 Å². The lowest BCUT2D eigenvalue weighted by Gasteiger charge is -2.31. The van der Waals surface area contributed by atoms with Crippen molar-refractivity contribution in [3.05, 3.63) is 59.8 Å². The highest BCUT2D eigenvalue weighted by atomic mass is 16.6. The van der Waals surface area contributed by atoms with Gasteiger partial charge < -0.3 is 14.2 Å². The molecule has 0 bridgehead atoms. The number of nitrogens with zero attached hydrogens (tertiary/aromatic N) is 3. The van der Waals surface area contributed by atoms with Crippen molar-refractivity contribution < 1.29 is 23.8 Å². The van der Waals surface area contributed by atoms with Gasteiger partial charge in [-0.2, -0.15) is 0 Å². The lowest BCUT2D eigenvalue weighted by atomic mass is 10.2. The van der Waals surface area contributed by atoms with Crippen molar-refractivity contribution in [3.8, 4) is 5.75 Å². The number of anilines is 1. The Morgan fingerprint density at radius 1 is 1.17 bits per heavy atom. The summed E-state index contributed by atoms with van der Waals surface area (Å²) >= 11 is 0. The summed E-state index contributed by atoms with van der Waals surface area (Å²) in [5.41, 5.74) is 1.29. The van der Waals surface area contributed by atoms with Crippen LogP contribution in [-0.4, -0.2) is 60.4 Å². The minimum atomic E-state index is -0.626. The zero-order valence-corrected chi connectivity index (χ0v) is 21.2. The standard InChI is InChI=1S/C27H35N3O5/c1-6-34-25(31)14-10-20-9-13-24(28-17-20)30(26(32)35-27(2,3)4)22-15-16-29(19-22)18-21-7-11-23(33-5)12-8-21/h7-14,17,22H,6,15-16,18-19H2,1-5H3/b14-10+/t22-/m1/s1. The summed E-state index contributed by atoms with van der Waals surface area (Å²) in [5, 5.41) is 0. The molecule has 0 radical (unpaired) electrons. The van der Waals surface area contributed by atoms with Gasteiger partial charge in [0.15, 0.2) is 0 Å². The molecule has 35 heavy (non-hydrogen) atoms. The molecule has 2 heterocycles. The van der Waals surface area contributed by atoms with Crippen LogP contribution in [0, 0.1) is 0 Å². The minimum absolute atomic E-state index is 0.0727. The molecule has 0 aliphatic carbocycles. The van der Waals surface area contributed by atoms with Crippen molar-refractivity contribution in [2.75, 3.05) is 31.7 Å². The maximum absolute atomic E-state index is 13.2. The second-order valence-corrected chi connectivity index (χ2v) is 9.41. The molecule has 1 aliphatic rings. The summed E-state index contributed by atoms with van der Waals surface area (Å²) < 4.78 is 15.9. The van der Waals surface area contributed by atoms with Gasteiger partial charge in [-0.05, 0) is 75.6 Å². The van der Waals surface area contributed by atoms with Crippen molar-refractivity contribution in [2.24, 2.45) is 0 Å². The summed E-state index contributed by atoms with van der Waals surface area (Å²) in [4.78, 5) is 33.3. The fourth-order valence-corrected chi connectivity index (χ4v) is 3.89. The van der Waals surface area contributed by atoms with Crippen molar-refractivity contribution in [1.29, 1.82) is 0 Å². The number of carbonyl (C=O) groups is 2. The molecular weight excluding hydrogens is 446 g/mol. The van der Waals surface area contributed by atoms with E-state index in [9.17, 15) is 9.59 Å². The molecular formula is C27H35N3O5. The highest BCUT2D eigenvalue weighted by Crippen LogP contribution is 2.26. The number of rotatable bonds is 8. The monoisotopic (exact) mass is 481 g/mol. The molecule has 1 amide bonds. The number of pyridine rings is 1. The first-order chi connectivity index (χ1) is 16.7. The van der Waals surface area contributed by atoms with Crippen LogP contribution in [0.3, 0.4) is 0 Å². The smallest absolute Gasteiger partial charge is 0.416 e. The van der Waals surface area contributed by atoms with E-state index < -0.39 is 17.7 Å². The fraction of sp³-hybridized carbons (Fsp3) is 0.444. The zero-order chi connectivity index (χ0) is 25.4. The number of methoxy groups -OCH3 is 1. The SMILES string of the molecule is CCOC(=O)/C=C/c1ccc(N(C(=O)OC(C)(C)C)[C@@H]2CCN(Cc3ccc(OC)cc3)C2)nc1. The van der Waals surface area contributed by atoms with Gasteiger partial charge in [0.25, 0.3) is 0 Å². The van der Waals surface area contributed by atoms with Crippen LogP contribution >= 0.6 is 0 Å². The average Bonchev–Trinajstić information content (AvgIpc) is 3.26. The van der Waals surface area contributed by atoms with Gasteiger partial charge in [0.2, 0.25) is 0 Å². The lowest BCUT2D eigenvalue weighted by Crippen LogP contribution is -2.45. The van der Waals surface area contributed by atoms with Crippen molar-refractivity contribution in [3.63, 3.8) is 0 Å². The molecule has 1 aromatic heterocycles. The molecule has 1 saturated heterocycles. The van der Waals surface area contributed by atoms with E-state index >= 15 is 0 Å². The summed E-state index contributed by atoms with van der Waals surface area (Å²) in [6.07, 6.45) is 5.02. The first-order valence-electron chi connectivity index (χ1n) is 11.9. The molecule has 0 saturated carbocycles. The van der Waals surface area contributed by atoms with E-state index in [-0.39, 0.29) is 6.04 Å². The van der Waals surface area contributed by atoms with E-state index in [4.69, 9.17) is 14.2 Å². The molecule has 1 fully saturated rings. The van der Waals surface area contributed by atoms with E-state index in [0.29, 0.717) is 19.0 Å². The normalized spacial score (nSPS) is 16.3. The summed E-state index contributed by atoms with van der Waals surface area (Å²) in [5.74, 6) is 0.939. The van der Waals surface area contributed by atoms with Gasteiger partial charge >= 0.3 is 12.1 Å². The quantitative estimate of drug-likeness (QED) is 0.400. The van der Waals surface area contributed by atoms with E-state index in [1.165, 1.54) is 11.6 Å². The number of likely N-dealkylation sites (tertiary alicyclic amines) is 1. The number of benzene rings is 1. The molecule has 2 aromatic rings. The Balaban J connectivity index is 1.74. The number of ether oxygens (including phenoxy) is 3. The summed E-state index contributed by atoms with van der Waals surface area (Å²) in [6, 6.07) is 11.6. The summed E-state index contributed by atoms with van der Waals surface area (Å²) in [6.45, 7) is 9.98.